The van der Waals surface area contributed by atoms with Crippen molar-refractivity contribution in [3.8, 4) is 0 Å². The van der Waals surface area contributed by atoms with E-state index in [2.05, 4.69) is 16.0 Å². The molecule has 1 aliphatic heterocycles. The summed E-state index contributed by atoms with van der Waals surface area (Å²) in [7, 11) is 0. The van der Waals surface area contributed by atoms with Crippen LogP contribution in [0.1, 0.15) is 32.1 Å². The van der Waals surface area contributed by atoms with Gasteiger partial charge in [-0.2, -0.15) is 0 Å². The second-order valence-electron chi connectivity index (χ2n) is 7.39. The molecule has 6 heteroatoms. The minimum absolute atomic E-state index is 0.0646. The number of hydrogen-bond acceptors (Lipinski definition) is 4. The first-order valence-electron chi connectivity index (χ1n) is 9.87. The van der Waals surface area contributed by atoms with Crippen LogP contribution in [0, 0.1) is 0 Å². The van der Waals surface area contributed by atoms with E-state index in [-0.39, 0.29) is 30.3 Å². The normalized spacial score (nSPS) is 24.1. The molecule has 0 aromatic heterocycles. The summed E-state index contributed by atoms with van der Waals surface area (Å²) in [6.45, 7) is 0. The van der Waals surface area contributed by atoms with E-state index in [1.54, 1.807) is 11.8 Å². The molecule has 1 saturated carbocycles. The van der Waals surface area contributed by atoms with Gasteiger partial charge in [0, 0.05) is 21.9 Å². The fourth-order valence-electron chi connectivity index (χ4n) is 3.93. The molecule has 0 radical (unpaired) electrons. The van der Waals surface area contributed by atoms with Crippen LogP contribution in [0.4, 0.5) is 5.69 Å². The highest BCUT2D eigenvalue weighted by Gasteiger charge is 2.37. The third-order valence-electron chi connectivity index (χ3n) is 5.35. The van der Waals surface area contributed by atoms with Crippen LogP contribution in [0.2, 0.25) is 0 Å². The summed E-state index contributed by atoms with van der Waals surface area (Å²) in [4.78, 5) is 27.1. The number of carbonyl (C=O) groups excluding carboxylic acids is 2. The molecular formula is C22H25N3O2S. The van der Waals surface area contributed by atoms with E-state index >= 15 is 0 Å². The Labute approximate surface area is 169 Å². The Hall–Kier alpha value is -2.31. The Morgan fingerprint density at radius 2 is 1.71 bits per heavy atom. The van der Waals surface area contributed by atoms with Gasteiger partial charge in [0.05, 0.1) is 18.2 Å². The zero-order chi connectivity index (χ0) is 19.3. The predicted molar refractivity (Wildman–Crippen MR) is 111 cm³/mol. The maximum absolute atomic E-state index is 12.7. The van der Waals surface area contributed by atoms with Crippen molar-refractivity contribution in [1.82, 2.24) is 10.6 Å². The number of anilines is 1. The first-order chi connectivity index (χ1) is 13.7. The van der Waals surface area contributed by atoms with Crippen LogP contribution in [0.3, 0.4) is 0 Å². The van der Waals surface area contributed by atoms with Crippen molar-refractivity contribution in [3.63, 3.8) is 0 Å². The van der Waals surface area contributed by atoms with Gasteiger partial charge in [-0.3, -0.25) is 9.59 Å². The fourth-order valence-corrected chi connectivity index (χ4v) is 4.86. The van der Waals surface area contributed by atoms with Gasteiger partial charge in [0.15, 0.2) is 0 Å². The molecule has 2 fully saturated rings. The van der Waals surface area contributed by atoms with Crippen molar-refractivity contribution in [1.29, 1.82) is 0 Å². The summed E-state index contributed by atoms with van der Waals surface area (Å²) in [5.41, 5.74) is 0.771. The van der Waals surface area contributed by atoms with E-state index in [0.717, 1.165) is 34.7 Å². The second-order valence-corrected chi connectivity index (χ2v) is 8.50. The maximum atomic E-state index is 12.7. The zero-order valence-electron chi connectivity index (χ0n) is 15.7. The first-order valence-corrected chi connectivity index (χ1v) is 10.7. The number of carbonyl (C=O) groups is 2. The van der Waals surface area contributed by atoms with Gasteiger partial charge in [-0.15, -0.1) is 0 Å². The Morgan fingerprint density at radius 3 is 2.54 bits per heavy atom. The highest BCUT2D eigenvalue weighted by molar-refractivity contribution is 7.99. The van der Waals surface area contributed by atoms with Gasteiger partial charge in [-0.1, -0.05) is 54.9 Å². The molecule has 1 aliphatic carbocycles. The number of rotatable bonds is 5. The average molecular weight is 396 g/mol. The Bertz CT molecular complexity index is 843. The minimum Gasteiger partial charge on any atom is -0.350 e. The van der Waals surface area contributed by atoms with Crippen LogP contribution < -0.4 is 16.0 Å². The second kappa shape index (κ2) is 8.80. The van der Waals surface area contributed by atoms with Gasteiger partial charge in [-0.25, -0.2) is 0 Å². The van der Waals surface area contributed by atoms with Gasteiger partial charge in [0.1, 0.15) is 0 Å². The predicted octanol–water partition coefficient (Wildman–Crippen LogP) is 3.57. The summed E-state index contributed by atoms with van der Waals surface area (Å²) in [5.74, 6) is -0.215. The van der Waals surface area contributed by atoms with Crippen molar-refractivity contribution < 1.29 is 9.59 Å². The van der Waals surface area contributed by atoms with Crippen LogP contribution >= 0.6 is 11.8 Å². The number of benzene rings is 2. The molecular weight excluding hydrogens is 370 g/mol. The maximum Gasteiger partial charge on any atom is 0.237 e. The minimum atomic E-state index is -0.465. The molecule has 5 nitrogen and oxygen atoms in total. The summed E-state index contributed by atoms with van der Waals surface area (Å²) < 4.78 is 0. The van der Waals surface area contributed by atoms with Crippen molar-refractivity contribution in [2.75, 3.05) is 5.32 Å². The van der Waals surface area contributed by atoms with Gasteiger partial charge >= 0.3 is 0 Å². The quantitative estimate of drug-likeness (QED) is 0.724. The van der Waals surface area contributed by atoms with E-state index in [9.17, 15) is 9.59 Å². The van der Waals surface area contributed by atoms with Crippen LogP contribution in [-0.2, 0) is 9.59 Å². The number of para-hydroxylation sites is 1. The van der Waals surface area contributed by atoms with Crippen molar-refractivity contribution in [2.24, 2.45) is 0 Å². The first kappa shape index (κ1) is 19.0. The standard InChI is InChI=1S/C22H25N3O2S/c26-21(14-19-22(27)25-17-11-5-4-10-16(17)23-19)24-18-12-6-7-13-20(18)28-15-8-2-1-3-9-15/h1-3,6-9,12-13,16-17,19,23H,4-5,10-11,14H2,(H,24,26)(H,25,27)/t16-,17+,19-/m1/s1. The van der Waals surface area contributed by atoms with E-state index in [1.165, 1.54) is 6.42 Å². The van der Waals surface area contributed by atoms with Crippen molar-refractivity contribution in [2.45, 2.75) is 60.0 Å². The molecule has 1 heterocycles. The van der Waals surface area contributed by atoms with Crippen LogP contribution in [0.5, 0.6) is 0 Å². The number of piperazine rings is 1. The molecule has 146 valence electrons. The lowest BCUT2D eigenvalue weighted by atomic mass is 9.87. The highest BCUT2D eigenvalue weighted by Crippen LogP contribution is 2.33. The number of hydrogen-bond donors (Lipinski definition) is 3. The summed E-state index contributed by atoms with van der Waals surface area (Å²) in [6, 6.07) is 17.8. The molecule has 0 spiro atoms. The van der Waals surface area contributed by atoms with Gasteiger partial charge < -0.3 is 16.0 Å². The third kappa shape index (κ3) is 4.56. The summed E-state index contributed by atoms with van der Waals surface area (Å²) in [5, 5.41) is 9.49. The van der Waals surface area contributed by atoms with Gasteiger partial charge in [-0.05, 0) is 37.1 Å². The zero-order valence-corrected chi connectivity index (χ0v) is 16.5. The lowest BCUT2D eigenvalue weighted by Gasteiger charge is -2.40. The topological polar surface area (TPSA) is 70.2 Å². The average Bonchev–Trinajstić information content (AvgIpc) is 2.71. The van der Waals surface area contributed by atoms with Crippen LogP contribution in [0.25, 0.3) is 0 Å². The molecule has 2 aromatic carbocycles. The van der Waals surface area contributed by atoms with Crippen molar-refractivity contribution in [3.05, 3.63) is 54.6 Å². The monoisotopic (exact) mass is 395 g/mol. The summed E-state index contributed by atoms with van der Waals surface area (Å²) >= 11 is 1.61. The molecule has 2 aromatic rings. The van der Waals surface area contributed by atoms with Crippen molar-refractivity contribution >= 4 is 29.3 Å². The fraction of sp³-hybridized carbons (Fsp3) is 0.364. The van der Waals surface area contributed by atoms with Gasteiger partial charge in [0.2, 0.25) is 11.8 Å². The number of fused-ring (bicyclic) bond motifs is 1. The molecule has 2 amide bonds. The smallest absolute Gasteiger partial charge is 0.237 e. The molecule has 28 heavy (non-hydrogen) atoms. The Balaban J connectivity index is 1.39. The lowest BCUT2D eigenvalue weighted by molar-refractivity contribution is -0.129. The molecule has 0 unspecified atom stereocenters. The molecule has 2 aliphatic rings. The molecule has 0 bridgehead atoms. The van der Waals surface area contributed by atoms with Crippen LogP contribution in [-0.4, -0.2) is 29.9 Å². The number of amides is 2. The largest absolute Gasteiger partial charge is 0.350 e. The molecule has 1 saturated heterocycles. The van der Waals surface area contributed by atoms with E-state index in [1.807, 2.05) is 54.6 Å². The number of nitrogens with one attached hydrogen (secondary N) is 3. The van der Waals surface area contributed by atoms with E-state index in [0.29, 0.717) is 0 Å². The van der Waals surface area contributed by atoms with Gasteiger partial charge in [0.25, 0.3) is 0 Å². The van der Waals surface area contributed by atoms with E-state index in [4.69, 9.17) is 0 Å². The molecule has 3 atom stereocenters. The lowest BCUT2D eigenvalue weighted by Crippen LogP contribution is -2.65. The molecule has 3 N–H and O–H groups in total. The third-order valence-corrected chi connectivity index (χ3v) is 6.43. The Kier molecular flexibility index (Phi) is 5.98. The summed E-state index contributed by atoms with van der Waals surface area (Å²) in [6.07, 6.45) is 4.54. The molecule has 4 rings (SSSR count). The Morgan fingerprint density at radius 1 is 1.00 bits per heavy atom. The SMILES string of the molecule is O=C(C[C@H]1N[C@@H]2CCCC[C@@H]2NC1=O)Nc1ccccc1Sc1ccccc1. The van der Waals surface area contributed by atoms with Crippen LogP contribution in [0.15, 0.2) is 64.4 Å². The van der Waals surface area contributed by atoms with E-state index < -0.39 is 6.04 Å². The highest BCUT2D eigenvalue weighted by atomic mass is 32.2.